The molecule has 2 aromatic carbocycles. The number of anilines is 1. The van der Waals surface area contributed by atoms with Gasteiger partial charge in [0.2, 0.25) is 0 Å². The van der Waals surface area contributed by atoms with Gasteiger partial charge in [-0.2, -0.15) is 9.97 Å². The van der Waals surface area contributed by atoms with Crippen molar-refractivity contribution in [3.63, 3.8) is 0 Å². The van der Waals surface area contributed by atoms with Crippen LogP contribution < -0.4 is 14.4 Å². The number of likely N-dealkylation sites (tertiary alicyclic amines) is 1. The number of azide groups is 1. The van der Waals surface area contributed by atoms with E-state index in [4.69, 9.17) is 31.1 Å². The summed E-state index contributed by atoms with van der Waals surface area (Å²) in [5.74, 6) is 2.07. The first-order chi connectivity index (χ1) is 23.0. The number of hydrogen-bond donors (Lipinski definition) is 0. The van der Waals surface area contributed by atoms with Crippen LogP contribution in [0.15, 0.2) is 35.6 Å². The highest BCUT2D eigenvalue weighted by atomic mass is 19.1. The molecule has 6 rings (SSSR count). The van der Waals surface area contributed by atoms with E-state index in [2.05, 4.69) is 35.7 Å². The zero-order valence-electron chi connectivity index (χ0n) is 26.3. The van der Waals surface area contributed by atoms with E-state index in [-0.39, 0.29) is 41.2 Å². The Morgan fingerprint density at radius 1 is 1.11 bits per heavy atom. The van der Waals surface area contributed by atoms with E-state index >= 15 is 4.39 Å². The Bertz CT molecular complexity index is 1850. The molecule has 13 heteroatoms. The molecule has 0 amide bonds. The van der Waals surface area contributed by atoms with Crippen molar-refractivity contribution in [3.05, 3.63) is 58.1 Å². The molecule has 2 fully saturated rings. The number of terminal acetylenes is 1. The molecule has 1 atom stereocenters. The lowest BCUT2D eigenvalue weighted by atomic mass is 9.95. The summed E-state index contributed by atoms with van der Waals surface area (Å²) >= 11 is 0. The minimum Gasteiger partial charge on any atom is -0.468 e. The van der Waals surface area contributed by atoms with Gasteiger partial charge < -0.3 is 19.1 Å². The number of benzene rings is 2. The molecule has 2 aromatic heterocycles. The summed E-state index contributed by atoms with van der Waals surface area (Å²) in [6.07, 6.45) is 13.1. The fraction of sp³-hybridized carbons (Fsp3) is 0.441. The maximum atomic E-state index is 16.9. The van der Waals surface area contributed by atoms with Gasteiger partial charge in [0.15, 0.2) is 12.6 Å². The lowest BCUT2D eigenvalue weighted by Crippen LogP contribution is -2.35. The van der Waals surface area contributed by atoms with E-state index < -0.39 is 11.6 Å². The van der Waals surface area contributed by atoms with Crippen LogP contribution in [-0.4, -0.2) is 79.1 Å². The van der Waals surface area contributed by atoms with Gasteiger partial charge in [-0.05, 0) is 80.7 Å². The number of halogens is 2. The normalized spacial score (nSPS) is 16.7. The molecule has 0 aliphatic carbocycles. The summed E-state index contributed by atoms with van der Waals surface area (Å²) in [6.45, 7) is 3.98. The van der Waals surface area contributed by atoms with Crippen LogP contribution in [0, 0.1) is 24.0 Å². The molecule has 0 saturated carbocycles. The van der Waals surface area contributed by atoms with Gasteiger partial charge in [0.25, 0.3) is 0 Å². The van der Waals surface area contributed by atoms with E-state index in [1.165, 1.54) is 13.2 Å². The summed E-state index contributed by atoms with van der Waals surface area (Å²) < 4.78 is 48.8. The molecule has 244 valence electrons. The molecular weight excluding hydrogens is 606 g/mol. The third kappa shape index (κ3) is 6.86. The van der Waals surface area contributed by atoms with E-state index in [1.54, 1.807) is 24.4 Å². The molecule has 0 radical (unpaired) electrons. The van der Waals surface area contributed by atoms with Crippen LogP contribution in [0.2, 0.25) is 0 Å². The monoisotopic (exact) mass is 642 g/mol. The fourth-order valence-corrected chi connectivity index (χ4v) is 6.51. The Hall–Kier alpha value is -4.76. The summed E-state index contributed by atoms with van der Waals surface area (Å²) in [5, 5.41) is 5.00. The van der Waals surface area contributed by atoms with Crippen molar-refractivity contribution in [2.45, 2.75) is 44.6 Å². The van der Waals surface area contributed by atoms with E-state index in [9.17, 15) is 4.39 Å². The lowest BCUT2D eigenvalue weighted by molar-refractivity contribution is 0.0512. The molecule has 11 nitrogen and oxygen atoms in total. The SMILES string of the molecule is C#Cc1c(F)ccc2cc(OCOC)cc(-c3ncc4c(N5CCCCC5)nc(OC[C@@H]5CCCN5CCCN=[N+]=[N-])nc4c3F)c12. The number of piperidine rings is 1. The zero-order valence-corrected chi connectivity index (χ0v) is 26.3. The molecule has 0 N–H and O–H groups in total. The second kappa shape index (κ2) is 14.8. The Morgan fingerprint density at radius 3 is 2.74 bits per heavy atom. The van der Waals surface area contributed by atoms with Crippen molar-refractivity contribution in [3.8, 4) is 35.4 Å². The second-order valence-electron chi connectivity index (χ2n) is 11.7. The fourth-order valence-electron chi connectivity index (χ4n) is 6.51. The number of nitrogens with zero attached hydrogens (tertiary/aromatic N) is 8. The molecule has 47 heavy (non-hydrogen) atoms. The summed E-state index contributed by atoms with van der Waals surface area (Å²) in [7, 11) is 1.49. The van der Waals surface area contributed by atoms with Crippen LogP contribution >= 0.6 is 0 Å². The number of ether oxygens (including phenoxy) is 3. The first kappa shape index (κ1) is 32.2. The highest BCUT2D eigenvalue weighted by Gasteiger charge is 2.27. The Morgan fingerprint density at radius 2 is 1.96 bits per heavy atom. The molecule has 4 heterocycles. The molecule has 4 aromatic rings. The van der Waals surface area contributed by atoms with Crippen LogP contribution in [-0.2, 0) is 4.74 Å². The zero-order chi connectivity index (χ0) is 32.8. The number of fused-ring (bicyclic) bond motifs is 2. The maximum absolute atomic E-state index is 16.9. The standard InChI is InChI=1S/C34H36F2N8O3/c1-3-25-28(35)11-10-22-17-24(47-21-45-2)18-26(29(22)25)31-30(36)32-27(19-38-31)33(44-13-5-4-6-14-44)41-34(40-32)46-20-23-9-7-15-43(23)16-8-12-39-42-37/h1,10-11,17-19,23H,4-9,12-16,20-21H2,2H3/t23-/m0/s1. The molecule has 2 aliphatic heterocycles. The van der Waals surface area contributed by atoms with Gasteiger partial charge in [-0.1, -0.05) is 17.1 Å². The topological polar surface area (TPSA) is 122 Å². The summed E-state index contributed by atoms with van der Waals surface area (Å²) in [5.41, 5.74) is 8.84. The van der Waals surface area contributed by atoms with Crippen molar-refractivity contribution in [1.82, 2.24) is 19.9 Å². The molecule has 0 spiro atoms. The molecule has 2 saturated heterocycles. The number of pyridine rings is 1. The van der Waals surface area contributed by atoms with Gasteiger partial charge in [0, 0.05) is 54.8 Å². The first-order valence-corrected chi connectivity index (χ1v) is 15.9. The summed E-state index contributed by atoms with van der Waals surface area (Å²) in [6, 6.07) is 6.34. The van der Waals surface area contributed by atoms with Gasteiger partial charge in [0.1, 0.15) is 35.2 Å². The lowest BCUT2D eigenvalue weighted by Gasteiger charge is -2.29. The Labute approximate surface area is 271 Å². The van der Waals surface area contributed by atoms with Gasteiger partial charge in [0.05, 0.1) is 10.9 Å². The van der Waals surface area contributed by atoms with Crippen molar-refractivity contribution in [2.75, 3.05) is 58.1 Å². The predicted molar refractivity (Wildman–Crippen MR) is 175 cm³/mol. The minimum absolute atomic E-state index is 0.00153. The highest BCUT2D eigenvalue weighted by molar-refractivity contribution is 6.03. The van der Waals surface area contributed by atoms with Crippen LogP contribution in [0.3, 0.4) is 0 Å². The maximum Gasteiger partial charge on any atom is 0.319 e. The third-order valence-electron chi connectivity index (χ3n) is 8.75. The number of hydrogen-bond acceptors (Lipinski definition) is 9. The summed E-state index contributed by atoms with van der Waals surface area (Å²) in [4.78, 5) is 21.2. The van der Waals surface area contributed by atoms with Gasteiger partial charge in [-0.25, -0.2) is 8.78 Å². The van der Waals surface area contributed by atoms with Crippen LogP contribution in [0.25, 0.3) is 43.4 Å². The molecule has 0 bridgehead atoms. The predicted octanol–water partition coefficient (Wildman–Crippen LogP) is 6.62. The third-order valence-corrected chi connectivity index (χ3v) is 8.75. The van der Waals surface area contributed by atoms with Crippen molar-refractivity contribution < 1.29 is 23.0 Å². The highest BCUT2D eigenvalue weighted by Crippen LogP contribution is 2.39. The van der Waals surface area contributed by atoms with Crippen molar-refractivity contribution >= 4 is 27.5 Å². The smallest absolute Gasteiger partial charge is 0.319 e. The van der Waals surface area contributed by atoms with E-state index in [0.29, 0.717) is 40.9 Å². The minimum atomic E-state index is -0.703. The Balaban J connectivity index is 1.43. The van der Waals surface area contributed by atoms with Crippen LogP contribution in [0.1, 0.15) is 44.1 Å². The first-order valence-electron chi connectivity index (χ1n) is 15.9. The van der Waals surface area contributed by atoms with Crippen molar-refractivity contribution in [2.24, 2.45) is 5.11 Å². The van der Waals surface area contributed by atoms with Gasteiger partial charge in [-0.3, -0.25) is 9.88 Å². The Kier molecular flexibility index (Phi) is 10.1. The van der Waals surface area contributed by atoms with Gasteiger partial charge in [-0.15, -0.1) is 6.42 Å². The van der Waals surface area contributed by atoms with E-state index in [1.807, 2.05) is 0 Å². The number of aromatic nitrogens is 3. The average molecular weight is 643 g/mol. The number of methoxy groups -OCH3 is 1. The molecular formula is C34H36F2N8O3. The van der Waals surface area contributed by atoms with E-state index in [0.717, 1.165) is 64.7 Å². The molecule has 0 unspecified atom stereocenters. The largest absolute Gasteiger partial charge is 0.468 e. The number of rotatable bonds is 12. The average Bonchev–Trinajstić information content (AvgIpc) is 3.55. The van der Waals surface area contributed by atoms with Crippen LogP contribution in [0.4, 0.5) is 14.6 Å². The van der Waals surface area contributed by atoms with Gasteiger partial charge >= 0.3 is 6.01 Å². The quantitative estimate of drug-likeness (QED) is 0.0422. The van der Waals surface area contributed by atoms with Crippen LogP contribution in [0.5, 0.6) is 11.8 Å². The van der Waals surface area contributed by atoms with Crippen molar-refractivity contribution in [1.29, 1.82) is 0 Å². The second-order valence-corrected chi connectivity index (χ2v) is 11.7. The molecule has 2 aliphatic rings.